The number of nitrogens with zero attached hydrogens (tertiary/aromatic N) is 4. The summed E-state index contributed by atoms with van der Waals surface area (Å²) in [7, 11) is 0. The molecule has 0 saturated heterocycles. The number of aromatic nitrogens is 3. The topological polar surface area (TPSA) is 33.4 Å². The molecule has 0 aromatic carbocycles. The predicted molar refractivity (Wildman–Crippen MR) is 94.1 cm³/mol. The lowest BCUT2D eigenvalue weighted by molar-refractivity contribution is 0.138. The minimum absolute atomic E-state index is 0.393. The number of hydrogen-bond donors (Lipinski definition) is 0. The third-order valence-electron chi connectivity index (χ3n) is 4.44. The van der Waals surface area contributed by atoms with Gasteiger partial charge in [0, 0.05) is 49.0 Å². The molecule has 3 heterocycles. The molecular weight excluding hydrogens is 284 g/mol. The highest BCUT2D eigenvalue weighted by atomic mass is 15.2. The van der Waals surface area contributed by atoms with Gasteiger partial charge in [-0.3, -0.25) is 9.30 Å². The van der Waals surface area contributed by atoms with Crippen LogP contribution in [0.1, 0.15) is 31.7 Å². The predicted octanol–water partition coefficient (Wildman–Crippen LogP) is 3.77. The number of rotatable bonds is 6. The van der Waals surface area contributed by atoms with Crippen LogP contribution in [-0.2, 0) is 6.54 Å². The van der Waals surface area contributed by atoms with Crippen molar-refractivity contribution in [2.24, 2.45) is 0 Å². The van der Waals surface area contributed by atoms with E-state index in [1.54, 1.807) is 6.20 Å². The Kier molecular flexibility index (Phi) is 4.72. The molecule has 0 amide bonds. The van der Waals surface area contributed by atoms with Crippen LogP contribution >= 0.6 is 0 Å². The lowest BCUT2D eigenvalue weighted by Crippen LogP contribution is -2.44. The fourth-order valence-corrected chi connectivity index (χ4v) is 3.43. The number of imidazole rings is 1. The summed E-state index contributed by atoms with van der Waals surface area (Å²) in [6, 6.07) is 0.880. The Morgan fingerprint density at radius 2 is 2.09 bits per heavy atom. The normalized spacial score (nSPS) is 22.0. The van der Waals surface area contributed by atoms with Crippen molar-refractivity contribution in [3.63, 3.8) is 0 Å². The molecular formula is C19H24N4. The van der Waals surface area contributed by atoms with Gasteiger partial charge in [0.1, 0.15) is 0 Å². The minimum Gasteiger partial charge on any atom is -0.291 e. The molecule has 23 heavy (non-hydrogen) atoms. The summed E-state index contributed by atoms with van der Waals surface area (Å²) in [5.74, 6) is 0.744. The molecule has 0 N–H and O–H groups in total. The molecule has 120 valence electrons. The van der Waals surface area contributed by atoms with Crippen molar-refractivity contribution in [1.82, 2.24) is 19.3 Å². The van der Waals surface area contributed by atoms with Crippen LogP contribution in [0.2, 0.25) is 0 Å². The maximum Gasteiger partial charge on any atom is 0.233 e. The van der Waals surface area contributed by atoms with Crippen LogP contribution in [0, 0.1) is 0 Å². The molecule has 1 aliphatic heterocycles. The summed E-state index contributed by atoms with van der Waals surface area (Å²) >= 11 is 0. The Labute approximate surface area is 137 Å². The van der Waals surface area contributed by atoms with E-state index in [1.807, 2.05) is 28.9 Å². The van der Waals surface area contributed by atoms with Crippen molar-refractivity contribution in [3.8, 4) is 0 Å². The van der Waals surface area contributed by atoms with E-state index in [-0.39, 0.29) is 0 Å². The molecule has 0 spiro atoms. The van der Waals surface area contributed by atoms with Crippen LogP contribution in [0.3, 0.4) is 0 Å². The van der Waals surface area contributed by atoms with E-state index in [2.05, 4.69) is 47.2 Å². The van der Waals surface area contributed by atoms with Gasteiger partial charge < -0.3 is 0 Å². The van der Waals surface area contributed by atoms with Crippen LogP contribution in [0.15, 0.2) is 61.7 Å². The van der Waals surface area contributed by atoms with Gasteiger partial charge in [0.25, 0.3) is 0 Å². The monoisotopic (exact) mass is 308 g/mol. The summed E-state index contributed by atoms with van der Waals surface area (Å²) in [5.41, 5.74) is 2.66. The second-order valence-corrected chi connectivity index (χ2v) is 6.26. The molecule has 3 rings (SSSR count). The molecule has 0 unspecified atom stereocenters. The lowest BCUT2D eigenvalue weighted by Gasteiger charge is -2.40. The summed E-state index contributed by atoms with van der Waals surface area (Å²) < 4.78 is 1.98. The first-order valence-electron chi connectivity index (χ1n) is 8.13. The van der Waals surface area contributed by atoms with Crippen molar-refractivity contribution in [2.75, 3.05) is 0 Å². The summed E-state index contributed by atoms with van der Waals surface area (Å²) in [5, 5.41) is 0. The number of hydrogen-bond acceptors (Lipinski definition) is 3. The molecule has 1 aliphatic rings. The van der Waals surface area contributed by atoms with E-state index in [4.69, 9.17) is 0 Å². The Hall–Kier alpha value is -2.20. The van der Waals surface area contributed by atoms with Gasteiger partial charge in [-0.15, -0.1) is 13.2 Å². The fourth-order valence-electron chi connectivity index (χ4n) is 3.43. The van der Waals surface area contributed by atoms with Gasteiger partial charge >= 0.3 is 0 Å². The van der Waals surface area contributed by atoms with Gasteiger partial charge in [-0.1, -0.05) is 23.8 Å². The first kappa shape index (κ1) is 15.7. The number of fused-ring (bicyclic) bond motifs is 1. The molecule has 2 aromatic heterocycles. The smallest absolute Gasteiger partial charge is 0.233 e. The molecule has 4 nitrogen and oxygen atoms in total. The Balaban J connectivity index is 1.88. The van der Waals surface area contributed by atoms with E-state index in [0.29, 0.717) is 12.1 Å². The molecule has 0 aliphatic carbocycles. The maximum absolute atomic E-state index is 4.43. The zero-order chi connectivity index (χ0) is 16.2. The standard InChI is InChI=1S/C19H24N4/c1-4-6-17-10-15(3)11-18(7-5-2)23(17)14-16-12-21-19-20-8-9-22(19)13-16/h4-5,8-10,12-13,17-18H,1-2,6-7,11,14H2,3H3/t17-,18-/m1/s1. The zero-order valence-corrected chi connectivity index (χ0v) is 13.7. The van der Waals surface area contributed by atoms with Crippen molar-refractivity contribution in [1.29, 1.82) is 0 Å². The Bertz CT molecular complexity index is 728. The van der Waals surface area contributed by atoms with E-state index >= 15 is 0 Å². The van der Waals surface area contributed by atoms with Gasteiger partial charge in [-0.25, -0.2) is 9.97 Å². The largest absolute Gasteiger partial charge is 0.291 e. The molecule has 0 bridgehead atoms. The molecule has 2 atom stereocenters. The molecule has 4 heteroatoms. The highest BCUT2D eigenvalue weighted by Gasteiger charge is 2.28. The van der Waals surface area contributed by atoms with Crippen LogP contribution in [0.5, 0.6) is 0 Å². The van der Waals surface area contributed by atoms with Gasteiger partial charge in [0.15, 0.2) is 0 Å². The third kappa shape index (κ3) is 3.42. The molecule has 0 radical (unpaired) electrons. The highest BCUT2D eigenvalue weighted by Crippen LogP contribution is 2.28. The highest BCUT2D eigenvalue weighted by molar-refractivity contribution is 5.28. The Morgan fingerprint density at radius 3 is 2.87 bits per heavy atom. The summed E-state index contributed by atoms with van der Waals surface area (Å²) in [6.07, 6.45) is 17.2. The van der Waals surface area contributed by atoms with Crippen molar-refractivity contribution in [2.45, 2.75) is 44.8 Å². The third-order valence-corrected chi connectivity index (χ3v) is 4.44. The van der Waals surface area contributed by atoms with Crippen LogP contribution in [0.25, 0.3) is 5.78 Å². The van der Waals surface area contributed by atoms with Gasteiger partial charge in [-0.05, 0) is 26.2 Å². The summed E-state index contributed by atoms with van der Waals surface area (Å²) in [4.78, 5) is 11.2. The second kappa shape index (κ2) is 6.92. The second-order valence-electron chi connectivity index (χ2n) is 6.26. The molecule has 2 aromatic rings. The van der Waals surface area contributed by atoms with Crippen molar-refractivity contribution in [3.05, 3.63) is 67.3 Å². The molecule has 0 fully saturated rings. The first-order valence-corrected chi connectivity index (χ1v) is 8.13. The van der Waals surface area contributed by atoms with Crippen molar-refractivity contribution < 1.29 is 0 Å². The van der Waals surface area contributed by atoms with E-state index < -0.39 is 0 Å². The lowest BCUT2D eigenvalue weighted by atomic mass is 9.92. The van der Waals surface area contributed by atoms with E-state index in [0.717, 1.165) is 31.6 Å². The van der Waals surface area contributed by atoms with Crippen LogP contribution in [-0.4, -0.2) is 31.4 Å². The van der Waals surface area contributed by atoms with Crippen molar-refractivity contribution >= 4 is 5.78 Å². The summed E-state index contributed by atoms with van der Waals surface area (Å²) in [6.45, 7) is 11.0. The van der Waals surface area contributed by atoms with E-state index in [9.17, 15) is 0 Å². The van der Waals surface area contributed by atoms with Gasteiger partial charge in [0.05, 0.1) is 0 Å². The zero-order valence-electron chi connectivity index (χ0n) is 13.7. The SMILES string of the molecule is C=CC[C@@H]1CC(C)=C[C@@H](CC=C)N1Cc1cnc2nccn2c1. The Morgan fingerprint density at radius 1 is 1.26 bits per heavy atom. The quantitative estimate of drug-likeness (QED) is 0.762. The maximum atomic E-state index is 4.43. The minimum atomic E-state index is 0.393. The van der Waals surface area contributed by atoms with Crippen LogP contribution < -0.4 is 0 Å². The first-order chi connectivity index (χ1) is 11.2. The fraction of sp³-hybridized carbons (Fsp3) is 0.368. The average molecular weight is 308 g/mol. The van der Waals surface area contributed by atoms with Gasteiger partial charge in [0.2, 0.25) is 5.78 Å². The van der Waals surface area contributed by atoms with Crippen LogP contribution in [0.4, 0.5) is 0 Å². The van der Waals surface area contributed by atoms with E-state index in [1.165, 1.54) is 11.1 Å². The average Bonchev–Trinajstić information content (AvgIpc) is 2.98. The van der Waals surface area contributed by atoms with Gasteiger partial charge in [-0.2, -0.15) is 0 Å². The molecule has 0 saturated carbocycles.